The molecule has 0 aromatic heterocycles. The van der Waals surface area contributed by atoms with Gasteiger partial charge in [0, 0.05) is 44.5 Å². The van der Waals surface area contributed by atoms with Crippen LogP contribution in [0.2, 0.25) is 0 Å². The van der Waals surface area contributed by atoms with Gasteiger partial charge in [-0.1, -0.05) is 0 Å². The van der Waals surface area contributed by atoms with Crippen LogP contribution in [-0.4, -0.2) is 71.0 Å². The van der Waals surface area contributed by atoms with Crippen LogP contribution in [0, 0.1) is 0 Å². The number of nitrogens with zero attached hydrogens (tertiary/aromatic N) is 2. The van der Waals surface area contributed by atoms with E-state index in [1.165, 1.54) is 0 Å². The van der Waals surface area contributed by atoms with Gasteiger partial charge in [0.25, 0.3) is 0 Å². The molecule has 140 valence electrons. The average Bonchev–Trinajstić information content (AvgIpc) is 2.66. The Balaban J connectivity index is 1.88. The third-order valence-corrected chi connectivity index (χ3v) is 4.00. The lowest BCUT2D eigenvalue weighted by molar-refractivity contribution is 0.0377. The second-order valence-corrected chi connectivity index (χ2v) is 5.76. The van der Waals surface area contributed by atoms with Crippen LogP contribution >= 0.6 is 0 Å². The number of methoxy groups -OCH3 is 2. The zero-order valence-corrected chi connectivity index (χ0v) is 15.5. The summed E-state index contributed by atoms with van der Waals surface area (Å²) in [5.41, 5.74) is 0.908. The topological polar surface area (TPSA) is 67.4 Å². The van der Waals surface area contributed by atoms with Gasteiger partial charge in [-0.05, 0) is 25.5 Å². The summed E-state index contributed by atoms with van der Waals surface area (Å²) in [6.45, 7) is 8.42. The first-order valence-corrected chi connectivity index (χ1v) is 8.84. The Kier molecular flexibility index (Phi) is 8.34. The van der Waals surface area contributed by atoms with E-state index in [9.17, 15) is 0 Å². The van der Waals surface area contributed by atoms with Gasteiger partial charge in [-0.15, -0.1) is 0 Å². The number of anilines is 1. The van der Waals surface area contributed by atoms with Gasteiger partial charge in [0.1, 0.15) is 0 Å². The Morgan fingerprint density at radius 3 is 2.64 bits per heavy atom. The molecule has 0 aliphatic carbocycles. The monoisotopic (exact) mass is 350 g/mol. The zero-order chi connectivity index (χ0) is 17.9. The lowest BCUT2D eigenvalue weighted by Crippen LogP contribution is -2.37. The fraction of sp³-hybridized carbons (Fsp3) is 0.611. The summed E-state index contributed by atoms with van der Waals surface area (Å²) in [5, 5.41) is 6.58. The first-order valence-electron chi connectivity index (χ1n) is 8.84. The van der Waals surface area contributed by atoms with Crippen molar-refractivity contribution in [1.82, 2.24) is 10.2 Å². The lowest BCUT2D eigenvalue weighted by Gasteiger charge is -2.26. The average molecular weight is 350 g/mol. The van der Waals surface area contributed by atoms with E-state index in [0.717, 1.165) is 64.0 Å². The lowest BCUT2D eigenvalue weighted by atomic mass is 10.2. The summed E-state index contributed by atoms with van der Waals surface area (Å²) < 4.78 is 16.0. The van der Waals surface area contributed by atoms with E-state index < -0.39 is 0 Å². The maximum Gasteiger partial charge on any atom is 0.195 e. The number of rotatable bonds is 8. The van der Waals surface area contributed by atoms with Crippen LogP contribution in [0.25, 0.3) is 0 Å². The van der Waals surface area contributed by atoms with Crippen LogP contribution in [0.4, 0.5) is 5.69 Å². The van der Waals surface area contributed by atoms with Gasteiger partial charge in [0.05, 0.1) is 27.4 Å². The number of ether oxygens (including phenoxy) is 3. The maximum absolute atomic E-state index is 5.37. The number of nitrogens with one attached hydrogen (secondary N) is 2. The largest absolute Gasteiger partial charge is 0.493 e. The molecule has 1 aliphatic heterocycles. The number of morpholine rings is 1. The number of hydrogen-bond acceptors (Lipinski definition) is 5. The van der Waals surface area contributed by atoms with E-state index in [1.54, 1.807) is 14.2 Å². The first kappa shape index (κ1) is 19.3. The number of hydrogen-bond donors (Lipinski definition) is 2. The Morgan fingerprint density at radius 2 is 1.96 bits per heavy atom. The van der Waals surface area contributed by atoms with Crippen molar-refractivity contribution < 1.29 is 14.2 Å². The normalized spacial score (nSPS) is 15.7. The number of aliphatic imine (C=N–C) groups is 1. The molecule has 2 N–H and O–H groups in total. The Bertz CT molecular complexity index is 545. The van der Waals surface area contributed by atoms with Gasteiger partial charge < -0.3 is 24.8 Å². The molecule has 2 rings (SSSR count). The van der Waals surface area contributed by atoms with Crippen LogP contribution in [0.1, 0.15) is 13.3 Å². The van der Waals surface area contributed by atoms with Crippen LogP contribution in [0.3, 0.4) is 0 Å². The molecule has 0 bridgehead atoms. The summed E-state index contributed by atoms with van der Waals surface area (Å²) in [6.07, 6.45) is 1.03. The van der Waals surface area contributed by atoms with E-state index in [2.05, 4.69) is 27.4 Å². The molecule has 1 heterocycles. The molecule has 1 aromatic carbocycles. The maximum atomic E-state index is 5.37. The highest BCUT2D eigenvalue weighted by Gasteiger charge is 2.09. The van der Waals surface area contributed by atoms with Gasteiger partial charge in [-0.3, -0.25) is 9.89 Å². The van der Waals surface area contributed by atoms with Crippen molar-refractivity contribution in [3.8, 4) is 11.5 Å². The van der Waals surface area contributed by atoms with Crippen LogP contribution in [0.5, 0.6) is 11.5 Å². The highest BCUT2D eigenvalue weighted by Crippen LogP contribution is 2.29. The van der Waals surface area contributed by atoms with E-state index in [-0.39, 0.29) is 0 Å². The highest BCUT2D eigenvalue weighted by atomic mass is 16.5. The molecule has 0 spiro atoms. The molecule has 1 fully saturated rings. The van der Waals surface area contributed by atoms with Crippen molar-refractivity contribution in [2.45, 2.75) is 13.3 Å². The quantitative estimate of drug-likeness (QED) is 0.423. The summed E-state index contributed by atoms with van der Waals surface area (Å²) in [5.74, 6) is 2.17. The molecule has 7 heteroatoms. The van der Waals surface area contributed by atoms with Crippen LogP contribution in [0.15, 0.2) is 23.2 Å². The molecule has 0 unspecified atom stereocenters. The molecular formula is C18H30N4O3. The molecule has 1 aliphatic rings. The Hall–Kier alpha value is -1.99. The molecule has 0 radical (unpaired) electrons. The van der Waals surface area contributed by atoms with Crippen molar-refractivity contribution in [1.29, 1.82) is 0 Å². The van der Waals surface area contributed by atoms with Crippen molar-refractivity contribution >= 4 is 11.6 Å². The fourth-order valence-corrected chi connectivity index (χ4v) is 2.67. The summed E-state index contributed by atoms with van der Waals surface area (Å²) in [4.78, 5) is 7.08. The minimum Gasteiger partial charge on any atom is -0.493 e. The zero-order valence-electron chi connectivity index (χ0n) is 15.5. The van der Waals surface area contributed by atoms with E-state index in [1.807, 2.05) is 18.2 Å². The van der Waals surface area contributed by atoms with Crippen molar-refractivity contribution in [3.05, 3.63) is 18.2 Å². The third-order valence-electron chi connectivity index (χ3n) is 4.00. The van der Waals surface area contributed by atoms with Crippen LogP contribution < -0.4 is 20.1 Å². The Morgan fingerprint density at radius 1 is 1.20 bits per heavy atom. The van der Waals surface area contributed by atoms with E-state index >= 15 is 0 Å². The molecule has 0 atom stereocenters. The highest BCUT2D eigenvalue weighted by molar-refractivity contribution is 5.93. The smallest absolute Gasteiger partial charge is 0.195 e. The molecule has 0 saturated carbocycles. The van der Waals surface area contributed by atoms with Crippen molar-refractivity contribution in [2.24, 2.45) is 4.99 Å². The number of benzene rings is 1. The van der Waals surface area contributed by atoms with E-state index in [0.29, 0.717) is 11.5 Å². The van der Waals surface area contributed by atoms with Gasteiger partial charge in [0.2, 0.25) is 0 Å². The second-order valence-electron chi connectivity index (χ2n) is 5.76. The molecule has 1 saturated heterocycles. The third kappa shape index (κ3) is 6.43. The molecule has 1 aromatic rings. The van der Waals surface area contributed by atoms with Gasteiger partial charge >= 0.3 is 0 Å². The van der Waals surface area contributed by atoms with Gasteiger partial charge in [0.15, 0.2) is 17.5 Å². The predicted octanol–water partition coefficient (Wildman–Crippen LogP) is 1.80. The molecular weight excluding hydrogens is 320 g/mol. The SMILES string of the molecule is CCNC(=NCCCN1CCOCC1)Nc1ccc(OC)c(OC)c1. The van der Waals surface area contributed by atoms with Gasteiger partial charge in [-0.25, -0.2) is 0 Å². The summed E-state index contributed by atoms with van der Waals surface area (Å²) in [7, 11) is 3.26. The molecule has 7 nitrogen and oxygen atoms in total. The van der Waals surface area contributed by atoms with Crippen LogP contribution in [-0.2, 0) is 4.74 Å². The number of guanidine groups is 1. The van der Waals surface area contributed by atoms with Crippen molar-refractivity contribution in [2.75, 3.05) is 65.5 Å². The summed E-state index contributed by atoms with van der Waals surface area (Å²) >= 11 is 0. The summed E-state index contributed by atoms with van der Waals surface area (Å²) in [6, 6.07) is 5.73. The standard InChI is InChI=1S/C18H30N4O3/c1-4-19-18(20-8-5-9-22-10-12-25-13-11-22)21-15-6-7-16(23-2)17(14-15)24-3/h6-7,14H,4-5,8-13H2,1-3H3,(H2,19,20,21). The molecule has 0 amide bonds. The first-order chi connectivity index (χ1) is 12.3. The minimum atomic E-state index is 0.690. The van der Waals surface area contributed by atoms with Crippen molar-refractivity contribution in [3.63, 3.8) is 0 Å². The molecule has 25 heavy (non-hydrogen) atoms. The van der Waals surface area contributed by atoms with Gasteiger partial charge in [-0.2, -0.15) is 0 Å². The predicted molar refractivity (Wildman–Crippen MR) is 101 cm³/mol. The Labute approximate surface area is 150 Å². The second kappa shape index (κ2) is 10.8. The minimum absolute atomic E-state index is 0.690. The van der Waals surface area contributed by atoms with E-state index in [4.69, 9.17) is 14.2 Å². The fourth-order valence-electron chi connectivity index (χ4n) is 2.67.